The monoisotopic (exact) mass is 334 g/mol. The number of halogens is 1. The molecule has 0 amide bonds. The fourth-order valence-electron chi connectivity index (χ4n) is 3.23. The highest BCUT2D eigenvalue weighted by molar-refractivity contribution is 9.10. The average molecular weight is 335 g/mol. The van der Waals surface area contributed by atoms with Crippen LogP contribution >= 0.6 is 15.9 Å². The summed E-state index contributed by atoms with van der Waals surface area (Å²) < 4.78 is 1.18. The van der Waals surface area contributed by atoms with Crippen LogP contribution in [-0.4, -0.2) is 0 Å². The Balaban J connectivity index is 1.96. The summed E-state index contributed by atoms with van der Waals surface area (Å²) in [6.07, 6.45) is 4.55. The van der Waals surface area contributed by atoms with Crippen LogP contribution in [0.5, 0.6) is 0 Å². The molecule has 1 aliphatic carbocycles. The van der Waals surface area contributed by atoms with E-state index in [0.717, 1.165) is 0 Å². The van der Waals surface area contributed by atoms with E-state index in [2.05, 4.69) is 89.6 Å². The van der Waals surface area contributed by atoms with Gasteiger partial charge in [0.1, 0.15) is 0 Å². The van der Waals surface area contributed by atoms with Gasteiger partial charge in [0.15, 0.2) is 0 Å². The van der Waals surface area contributed by atoms with Crippen LogP contribution in [0.2, 0.25) is 0 Å². The van der Waals surface area contributed by atoms with E-state index in [4.69, 9.17) is 0 Å². The molecule has 1 aliphatic rings. The predicted molar refractivity (Wildman–Crippen MR) is 93.7 cm³/mol. The van der Waals surface area contributed by atoms with Gasteiger partial charge in [-0.15, -0.1) is 0 Å². The molecule has 1 atom stereocenters. The first-order chi connectivity index (χ1) is 10.2. The van der Waals surface area contributed by atoms with Crippen molar-refractivity contribution in [3.05, 3.63) is 87.4 Å². The van der Waals surface area contributed by atoms with Gasteiger partial charge >= 0.3 is 0 Å². The van der Waals surface area contributed by atoms with Crippen LogP contribution in [0.4, 0.5) is 0 Å². The molecular weight excluding hydrogens is 320 g/mol. The first kappa shape index (κ1) is 12.8. The Hall–Kier alpha value is -1.86. The topological polar surface area (TPSA) is 0 Å². The van der Waals surface area contributed by atoms with E-state index in [1.54, 1.807) is 0 Å². The van der Waals surface area contributed by atoms with Gasteiger partial charge in [-0.1, -0.05) is 76.6 Å². The Morgan fingerprint density at radius 2 is 1.71 bits per heavy atom. The van der Waals surface area contributed by atoms with Crippen LogP contribution in [0.1, 0.15) is 28.2 Å². The smallest absolute Gasteiger partial charge is 0.0284 e. The Bertz CT molecular complexity index is 874. The number of hydrogen-bond acceptors (Lipinski definition) is 0. The number of allylic oxidation sites excluding steroid dienone is 1. The third-order valence-corrected chi connectivity index (χ3v) is 5.18. The molecule has 0 heterocycles. The van der Waals surface area contributed by atoms with Crippen molar-refractivity contribution >= 4 is 32.8 Å². The molecule has 0 bridgehead atoms. The van der Waals surface area contributed by atoms with Crippen molar-refractivity contribution in [1.82, 2.24) is 0 Å². The molecule has 1 heteroatoms. The number of benzene rings is 3. The van der Waals surface area contributed by atoms with Gasteiger partial charge in [0.2, 0.25) is 0 Å². The molecule has 0 aromatic heterocycles. The van der Waals surface area contributed by atoms with E-state index in [1.165, 1.54) is 37.5 Å². The fraction of sp³-hybridized carbons (Fsp3) is 0.100. The van der Waals surface area contributed by atoms with Crippen molar-refractivity contribution in [3.63, 3.8) is 0 Å². The highest BCUT2D eigenvalue weighted by Crippen LogP contribution is 2.39. The fourth-order valence-corrected chi connectivity index (χ4v) is 3.57. The maximum absolute atomic E-state index is 3.67. The molecule has 0 N–H and O–H groups in total. The first-order valence-corrected chi connectivity index (χ1v) is 7.99. The summed E-state index contributed by atoms with van der Waals surface area (Å²) in [5.41, 5.74) is 5.41. The third kappa shape index (κ3) is 2.04. The highest BCUT2D eigenvalue weighted by Gasteiger charge is 2.20. The molecule has 3 aromatic rings. The Morgan fingerprint density at radius 1 is 0.905 bits per heavy atom. The van der Waals surface area contributed by atoms with Crippen molar-refractivity contribution in [2.75, 3.05) is 0 Å². The van der Waals surface area contributed by atoms with Gasteiger partial charge in [-0.2, -0.15) is 0 Å². The second kappa shape index (κ2) is 4.85. The normalized spacial score (nSPS) is 16.4. The molecule has 0 saturated carbocycles. The molecule has 0 aliphatic heterocycles. The van der Waals surface area contributed by atoms with Gasteiger partial charge in [-0.3, -0.25) is 0 Å². The molecule has 21 heavy (non-hydrogen) atoms. The Morgan fingerprint density at radius 3 is 2.62 bits per heavy atom. The lowest BCUT2D eigenvalue weighted by Gasteiger charge is -2.15. The maximum atomic E-state index is 3.67. The molecule has 3 aromatic carbocycles. The largest absolute Gasteiger partial charge is 0.0720 e. The Kier molecular flexibility index (Phi) is 2.97. The van der Waals surface area contributed by atoms with E-state index < -0.39 is 0 Å². The van der Waals surface area contributed by atoms with Crippen molar-refractivity contribution in [2.45, 2.75) is 12.8 Å². The van der Waals surface area contributed by atoms with Crippen LogP contribution in [0.15, 0.2) is 65.1 Å². The quantitative estimate of drug-likeness (QED) is 0.506. The Labute approximate surface area is 133 Å². The van der Waals surface area contributed by atoms with Crippen LogP contribution in [-0.2, 0) is 0 Å². The summed E-state index contributed by atoms with van der Waals surface area (Å²) in [6.45, 7) is 2.14. The summed E-state index contributed by atoms with van der Waals surface area (Å²) >= 11 is 3.67. The van der Waals surface area contributed by atoms with Crippen LogP contribution < -0.4 is 0 Å². The second-order valence-corrected chi connectivity index (χ2v) is 6.49. The lowest BCUT2D eigenvalue weighted by molar-refractivity contribution is 1.06. The van der Waals surface area contributed by atoms with Crippen LogP contribution in [0.25, 0.3) is 16.8 Å². The van der Waals surface area contributed by atoms with E-state index in [1.807, 2.05) is 0 Å². The summed E-state index contributed by atoms with van der Waals surface area (Å²) in [6, 6.07) is 19.8. The molecule has 0 nitrogen and oxygen atoms in total. The van der Waals surface area contributed by atoms with Crippen molar-refractivity contribution < 1.29 is 0 Å². The minimum absolute atomic E-state index is 0.361. The molecule has 4 rings (SSSR count). The van der Waals surface area contributed by atoms with Gasteiger partial charge in [-0.05, 0) is 46.0 Å². The number of rotatable bonds is 1. The van der Waals surface area contributed by atoms with Crippen LogP contribution in [0, 0.1) is 6.92 Å². The summed E-state index contributed by atoms with van der Waals surface area (Å²) in [4.78, 5) is 0. The molecule has 0 spiro atoms. The van der Waals surface area contributed by atoms with Gasteiger partial charge in [0.05, 0.1) is 0 Å². The van der Waals surface area contributed by atoms with Crippen molar-refractivity contribution in [2.24, 2.45) is 0 Å². The predicted octanol–water partition coefficient (Wildman–Crippen LogP) is 6.07. The van der Waals surface area contributed by atoms with Crippen molar-refractivity contribution in [1.29, 1.82) is 0 Å². The molecule has 0 saturated heterocycles. The third-order valence-electron chi connectivity index (χ3n) is 4.33. The van der Waals surface area contributed by atoms with E-state index >= 15 is 0 Å². The number of hydrogen-bond donors (Lipinski definition) is 0. The summed E-state index contributed by atoms with van der Waals surface area (Å²) in [7, 11) is 0. The average Bonchev–Trinajstić information content (AvgIpc) is 2.92. The molecule has 0 fully saturated rings. The van der Waals surface area contributed by atoms with Gasteiger partial charge < -0.3 is 0 Å². The van der Waals surface area contributed by atoms with E-state index in [-0.39, 0.29) is 0 Å². The minimum Gasteiger partial charge on any atom is -0.0720 e. The SMILES string of the molecule is Cc1cc2cccc(C3C=Cc4ccccc43)c2cc1Br. The summed E-state index contributed by atoms with van der Waals surface area (Å²) in [5.74, 6) is 0.361. The molecule has 1 unspecified atom stereocenters. The lowest BCUT2D eigenvalue weighted by Crippen LogP contribution is -1.97. The minimum atomic E-state index is 0.361. The summed E-state index contributed by atoms with van der Waals surface area (Å²) in [5, 5.41) is 2.65. The molecule has 0 radical (unpaired) electrons. The first-order valence-electron chi connectivity index (χ1n) is 7.20. The van der Waals surface area contributed by atoms with Gasteiger partial charge in [0, 0.05) is 10.4 Å². The number of fused-ring (bicyclic) bond motifs is 2. The van der Waals surface area contributed by atoms with Crippen molar-refractivity contribution in [3.8, 4) is 0 Å². The zero-order chi connectivity index (χ0) is 14.4. The number of aryl methyl sites for hydroxylation is 1. The lowest BCUT2D eigenvalue weighted by atomic mass is 9.89. The van der Waals surface area contributed by atoms with Gasteiger partial charge in [-0.25, -0.2) is 0 Å². The highest BCUT2D eigenvalue weighted by atomic mass is 79.9. The maximum Gasteiger partial charge on any atom is 0.0284 e. The standard InChI is InChI=1S/C20H15Br/c1-13-11-15-6-4-8-17(19(15)12-20(13)21)18-10-9-14-5-2-3-7-16(14)18/h2-12,18H,1H3. The van der Waals surface area contributed by atoms with E-state index in [9.17, 15) is 0 Å². The van der Waals surface area contributed by atoms with Crippen LogP contribution in [0.3, 0.4) is 0 Å². The second-order valence-electron chi connectivity index (χ2n) is 5.64. The molecule has 102 valence electrons. The molecular formula is C20H15Br. The van der Waals surface area contributed by atoms with Gasteiger partial charge in [0.25, 0.3) is 0 Å². The zero-order valence-electron chi connectivity index (χ0n) is 11.8. The van der Waals surface area contributed by atoms with E-state index in [0.29, 0.717) is 5.92 Å². The zero-order valence-corrected chi connectivity index (χ0v) is 13.4.